The van der Waals surface area contributed by atoms with Crippen molar-refractivity contribution in [1.82, 2.24) is 15.3 Å². The van der Waals surface area contributed by atoms with Crippen molar-refractivity contribution in [2.75, 3.05) is 44.0 Å². The molecule has 0 atom stereocenters. The van der Waals surface area contributed by atoms with Gasteiger partial charge in [0, 0.05) is 33.3 Å². The molecule has 2 N–H and O–H groups in total. The van der Waals surface area contributed by atoms with E-state index in [9.17, 15) is 9.18 Å². The first-order chi connectivity index (χ1) is 11.9. The van der Waals surface area contributed by atoms with E-state index in [0.29, 0.717) is 30.5 Å². The van der Waals surface area contributed by atoms with Crippen LogP contribution in [-0.2, 0) is 4.79 Å². The predicted octanol–water partition coefficient (Wildman–Crippen LogP) is 1.60. The van der Waals surface area contributed by atoms with Crippen LogP contribution in [0.15, 0.2) is 30.3 Å². The number of rotatable bonds is 8. The van der Waals surface area contributed by atoms with Gasteiger partial charge in [0.15, 0.2) is 6.61 Å². The van der Waals surface area contributed by atoms with Gasteiger partial charge in [0.2, 0.25) is 0 Å². The number of benzene rings is 1. The average Bonchev–Trinajstić information content (AvgIpc) is 2.57. The van der Waals surface area contributed by atoms with Gasteiger partial charge in [-0.1, -0.05) is 0 Å². The molecule has 25 heavy (non-hydrogen) atoms. The number of halogens is 1. The van der Waals surface area contributed by atoms with E-state index >= 15 is 0 Å². The highest BCUT2D eigenvalue weighted by atomic mass is 19.1. The standard InChI is InChI=1S/C17H22FN5O2/c1-12-21-15(10-16(22-12)23(2)3)19-8-9-20-17(24)11-25-14-6-4-13(18)5-7-14/h4-7,10H,8-9,11H2,1-3H3,(H,20,24)(H,19,21,22). The van der Waals surface area contributed by atoms with Crippen molar-refractivity contribution in [2.45, 2.75) is 6.92 Å². The number of carbonyl (C=O) groups is 1. The number of aryl methyl sites for hydroxylation is 1. The lowest BCUT2D eigenvalue weighted by Gasteiger charge is -2.14. The fourth-order valence-electron chi connectivity index (χ4n) is 1.99. The highest BCUT2D eigenvalue weighted by Gasteiger charge is 2.05. The minimum Gasteiger partial charge on any atom is -0.484 e. The number of nitrogens with one attached hydrogen (secondary N) is 2. The molecule has 2 aromatic rings. The quantitative estimate of drug-likeness (QED) is 0.706. The Morgan fingerprint density at radius 3 is 2.60 bits per heavy atom. The van der Waals surface area contributed by atoms with Gasteiger partial charge in [-0.25, -0.2) is 14.4 Å². The van der Waals surface area contributed by atoms with Gasteiger partial charge in [0.25, 0.3) is 5.91 Å². The molecular formula is C17H22FN5O2. The van der Waals surface area contributed by atoms with Crippen LogP contribution in [0, 0.1) is 12.7 Å². The molecule has 1 aromatic carbocycles. The molecular weight excluding hydrogens is 325 g/mol. The third kappa shape index (κ3) is 6.25. The second-order valence-electron chi connectivity index (χ2n) is 5.57. The first kappa shape index (κ1) is 18.4. The third-order valence-electron chi connectivity index (χ3n) is 3.22. The van der Waals surface area contributed by atoms with Crippen LogP contribution in [0.25, 0.3) is 0 Å². The molecule has 0 aliphatic heterocycles. The Kier molecular flexibility index (Phi) is 6.50. The Labute approximate surface area is 146 Å². The van der Waals surface area contributed by atoms with Crippen molar-refractivity contribution >= 4 is 17.5 Å². The molecule has 1 heterocycles. The lowest BCUT2D eigenvalue weighted by molar-refractivity contribution is -0.123. The third-order valence-corrected chi connectivity index (χ3v) is 3.22. The smallest absolute Gasteiger partial charge is 0.258 e. The molecule has 0 aliphatic carbocycles. The van der Waals surface area contributed by atoms with Crippen LogP contribution in [0.5, 0.6) is 5.75 Å². The maximum atomic E-state index is 12.8. The molecule has 7 nitrogen and oxygen atoms in total. The lowest BCUT2D eigenvalue weighted by Crippen LogP contribution is -2.32. The summed E-state index contributed by atoms with van der Waals surface area (Å²) >= 11 is 0. The SMILES string of the molecule is Cc1nc(NCCNC(=O)COc2ccc(F)cc2)cc(N(C)C)n1. The maximum Gasteiger partial charge on any atom is 0.258 e. The van der Waals surface area contributed by atoms with Crippen molar-refractivity contribution < 1.29 is 13.9 Å². The van der Waals surface area contributed by atoms with E-state index in [1.807, 2.05) is 32.0 Å². The van der Waals surface area contributed by atoms with Crippen LogP contribution in [0.4, 0.5) is 16.0 Å². The van der Waals surface area contributed by atoms with Crippen LogP contribution < -0.4 is 20.3 Å². The Morgan fingerprint density at radius 1 is 1.20 bits per heavy atom. The van der Waals surface area contributed by atoms with E-state index in [1.54, 1.807) is 0 Å². The number of hydrogen-bond acceptors (Lipinski definition) is 6. The number of hydrogen-bond donors (Lipinski definition) is 2. The minimum absolute atomic E-state index is 0.122. The molecule has 8 heteroatoms. The van der Waals surface area contributed by atoms with Crippen molar-refractivity contribution in [3.63, 3.8) is 0 Å². The minimum atomic E-state index is -0.347. The van der Waals surface area contributed by atoms with Gasteiger partial charge in [0.1, 0.15) is 29.0 Å². The fourth-order valence-corrected chi connectivity index (χ4v) is 1.99. The maximum absolute atomic E-state index is 12.8. The van der Waals surface area contributed by atoms with Gasteiger partial charge in [-0.05, 0) is 31.2 Å². The van der Waals surface area contributed by atoms with Gasteiger partial charge in [0.05, 0.1) is 0 Å². The van der Waals surface area contributed by atoms with Crippen LogP contribution in [-0.4, -0.2) is 49.7 Å². The Balaban J connectivity index is 1.70. The molecule has 1 amide bonds. The van der Waals surface area contributed by atoms with Gasteiger partial charge in [-0.3, -0.25) is 4.79 Å². The van der Waals surface area contributed by atoms with Crippen LogP contribution in [0.3, 0.4) is 0 Å². The number of carbonyl (C=O) groups excluding carboxylic acids is 1. The van der Waals surface area contributed by atoms with E-state index in [0.717, 1.165) is 5.82 Å². The summed E-state index contributed by atoms with van der Waals surface area (Å²) in [5.74, 6) is 2.03. The molecule has 0 unspecified atom stereocenters. The van der Waals surface area contributed by atoms with E-state index in [2.05, 4.69) is 20.6 Å². The molecule has 0 spiro atoms. The van der Waals surface area contributed by atoms with Gasteiger partial charge >= 0.3 is 0 Å². The molecule has 0 bridgehead atoms. The zero-order valence-electron chi connectivity index (χ0n) is 14.5. The number of amides is 1. The molecule has 0 fully saturated rings. The van der Waals surface area contributed by atoms with Crippen molar-refractivity contribution in [3.05, 3.63) is 42.0 Å². The normalized spacial score (nSPS) is 10.2. The highest BCUT2D eigenvalue weighted by Crippen LogP contribution is 2.13. The summed E-state index contributed by atoms with van der Waals surface area (Å²) in [5.41, 5.74) is 0. The van der Waals surface area contributed by atoms with Crippen molar-refractivity contribution in [2.24, 2.45) is 0 Å². The van der Waals surface area contributed by atoms with Gasteiger partial charge in [-0.15, -0.1) is 0 Å². The summed E-state index contributed by atoms with van der Waals surface area (Å²) in [4.78, 5) is 22.2. The topological polar surface area (TPSA) is 79.4 Å². The van der Waals surface area contributed by atoms with E-state index in [1.165, 1.54) is 24.3 Å². The number of anilines is 2. The monoisotopic (exact) mass is 347 g/mol. The lowest BCUT2D eigenvalue weighted by atomic mass is 10.3. The fraction of sp³-hybridized carbons (Fsp3) is 0.353. The Morgan fingerprint density at radius 2 is 1.92 bits per heavy atom. The van der Waals surface area contributed by atoms with Crippen LogP contribution in [0.1, 0.15) is 5.82 Å². The number of ether oxygens (including phenoxy) is 1. The Bertz CT molecular complexity index is 707. The zero-order valence-corrected chi connectivity index (χ0v) is 14.5. The second kappa shape index (κ2) is 8.81. The summed E-state index contributed by atoms with van der Waals surface area (Å²) in [6.07, 6.45) is 0. The first-order valence-electron chi connectivity index (χ1n) is 7.86. The summed E-state index contributed by atoms with van der Waals surface area (Å²) < 4.78 is 18.0. The number of nitrogens with zero attached hydrogens (tertiary/aromatic N) is 3. The summed E-state index contributed by atoms with van der Waals surface area (Å²) in [7, 11) is 3.82. The summed E-state index contributed by atoms with van der Waals surface area (Å²) in [6.45, 7) is 2.65. The van der Waals surface area contributed by atoms with Crippen LogP contribution >= 0.6 is 0 Å². The number of aromatic nitrogens is 2. The van der Waals surface area contributed by atoms with E-state index in [-0.39, 0.29) is 18.3 Å². The summed E-state index contributed by atoms with van der Waals surface area (Å²) in [5, 5.41) is 5.87. The molecule has 0 radical (unpaired) electrons. The molecule has 0 saturated carbocycles. The van der Waals surface area contributed by atoms with Gasteiger partial charge < -0.3 is 20.3 Å². The highest BCUT2D eigenvalue weighted by molar-refractivity contribution is 5.77. The first-order valence-corrected chi connectivity index (χ1v) is 7.86. The van der Waals surface area contributed by atoms with Gasteiger partial charge in [-0.2, -0.15) is 0 Å². The molecule has 0 aliphatic rings. The zero-order chi connectivity index (χ0) is 18.2. The second-order valence-corrected chi connectivity index (χ2v) is 5.57. The molecule has 134 valence electrons. The summed E-state index contributed by atoms with van der Waals surface area (Å²) in [6, 6.07) is 7.35. The largest absolute Gasteiger partial charge is 0.484 e. The average molecular weight is 347 g/mol. The van der Waals surface area contributed by atoms with E-state index < -0.39 is 0 Å². The molecule has 2 rings (SSSR count). The Hall–Kier alpha value is -2.90. The van der Waals surface area contributed by atoms with Crippen molar-refractivity contribution in [1.29, 1.82) is 0 Å². The van der Waals surface area contributed by atoms with E-state index in [4.69, 9.17) is 4.74 Å². The van der Waals surface area contributed by atoms with Crippen LogP contribution in [0.2, 0.25) is 0 Å². The molecule has 0 saturated heterocycles. The predicted molar refractivity (Wildman–Crippen MR) is 94.5 cm³/mol. The van der Waals surface area contributed by atoms with Crippen molar-refractivity contribution in [3.8, 4) is 5.75 Å². The molecule has 1 aromatic heterocycles.